The normalized spacial score (nSPS) is 11.8. The third kappa shape index (κ3) is 1.75. The van der Waals surface area contributed by atoms with Crippen molar-refractivity contribution in [1.82, 2.24) is 0 Å². The highest BCUT2D eigenvalue weighted by Gasteiger charge is 2.39. The lowest BCUT2D eigenvalue weighted by Crippen LogP contribution is -2.24. The SMILES string of the molecule is Cc1ccc(C)c(C(F)(F)F)[nH+]1. The van der Waals surface area contributed by atoms with Gasteiger partial charge in [-0.15, -0.1) is 0 Å². The summed E-state index contributed by atoms with van der Waals surface area (Å²) >= 11 is 0. The van der Waals surface area contributed by atoms with Gasteiger partial charge in [-0.2, -0.15) is 13.2 Å². The van der Waals surface area contributed by atoms with Gasteiger partial charge in [0.25, 0.3) is 5.69 Å². The Morgan fingerprint density at radius 1 is 1.17 bits per heavy atom. The lowest BCUT2D eigenvalue weighted by Gasteiger charge is -2.02. The first kappa shape index (κ1) is 9.03. The molecule has 1 aromatic heterocycles. The molecule has 1 N–H and O–H groups in total. The molecule has 1 nitrogen and oxygen atoms in total. The van der Waals surface area contributed by atoms with Gasteiger partial charge in [0.15, 0.2) is 5.69 Å². The van der Waals surface area contributed by atoms with E-state index >= 15 is 0 Å². The molecule has 1 heterocycles. The standard InChI is InChI=1S/C8H8F3N/c1-5-3-4-6(2)12-7(5)8(9,10)11/h3-4H,1-2H3/p+1. The van der Waals surface area contributed by atoms with Crippen molar-refractivity contribution < 1.29 is 18.2 Å². The molecule has 0 radical (unpaired) electrons. The third-order valence-corrected chi connectivity index (χ3v) is 1.58. The topological polar surface area (TPSA) is 14.1 Å². The molecule has 0 bridgehead atoms. The summed E-state index contributed by atoms with van der Waals surface area (Å²) in [6, 6.07) is 3.07. The van der Waals surface area contributed by atoms with Gasteiger partial charge in [-0.3, -0.25) is 0 Å². The Morgan fingerprint density at radius 2 is 1.75 bits per heavy atom. The molecule has 0 amide bonds. The zero-order valence-corrected chi connectivity index (χ0v) is 6.79. The fourth-order valence-corrected chi connectivity index (χ4v) is 0.965. The maximum absolute atomic E-state index is 12.2. The van der Waals surface area contributed by atoms with Crippen LogP contribution in [0.3, 0.4) is 0 Å². The quantitative estimate of drug-likeness (QED) is 0.575. The Kier molecular flexibility index (Phi) is 2.08. The Labute approximate surface area is 68.2 Å². The highest BCUT2D eigenvalue weighted by atomic mass is 19.4. The number of aryl methyl sites for hydroxylation is 2. The first-order chi connectivity index (χ1) is 5.41. The summed E-state index contributed by atoms with van der Waals surface area (Å²) < 4.78 is 36.6. The second-order valence-corrected chi connectivity index (χ2v) is 2.70. The van der Waals surface area contributed by atoms with Crippen LogP contribution in [-0.2, 0) is 6.18 Å². The summed E-state index contributed by atoms with van der Waals surface area (Å²) in [5.74, 6) is 0. The van der Waals surface area contributed by atoms with Gasteiger partial charge in [-0.05, 0) is 13.0 Å². The van der Waals surface area contributed by atoms with E-state index < -0.39 is 11.9 Å². The third-order valence-electron chi connectivity index (χ3n) is 1.58. The maximum atomic E-state index is 12.2. The van der Waals surface area contributed by atoms with Gasteiger partial charge in [0, 0.05) is 18.6 Å². The van der Waals surface area contributed by atoms with Gasteiger partial charge in [-0.1, -0.05) is 0 Å². The number of aromatic amines is 1. The minimum Gasteiger partial charge on any atom is -0.205 e. The Balaban J connectivity index is 3.23. The molecule has 0 aliphatic heterocycles. The van der Waals surface area contributed by atoms with Crippen molar-refractivity contribution in [3.63, 3.8) is 0 Å². The second-order valence-electron chi connectivity index (χ2n) is 2.70. The second kappa shape index (κ2) is 2.77. The van der Waals surface area contributed by atoms with E-state index in [4.69, 9.17) is 0 Å². The van der Waals surface area contributed by atoms with Crippen LogP contribution in [0.5, 0.6) is 0 Å². The van der Waals surface area contributed by atoms with Crippen molar-refractivity contribution in [3.8, 4) is 0 Å². The smallest absolute Gasteiger partial charge is 0.205 e. The van der Waals surface area contributed by atoms with Crippen LogP contribution in [0.2, 0.25) is 0 Å². The van der Waals surface area contributed by atoms with E-state index in [2.05, 4.69) is 4.98 Å². The van der Waals surface area contributed by atoms with Crippen LogP contribution in [0, 0.1) is 13.8 Å². The van der Waals surface area contributed by atoms with Gasteiger partial charge in [0.05, 0.1) is 0 Å². The Hall–Kier alpha value is -1.06. The molecule has 12 heavy (non-hydrogen) atoms. The Morgan fingerprint density at radius 3 is 2.17 bits per heavy atom. The lowest BCUT2D eigenvalue weighted by atomic mass is 10.2. The summed E-state index contributed by atoms with van der Waals surface area (Å²) in [6.07, 6.45) is -4.28. The lowest BCUT2D eigenvalue weighted by molar-refractivity contribution is -0.434. The average molecular weight is 176 g/mol. The molecule has 0 aliphatic carbocycles. The van der Waals surface area contributed by atoms with E-state index in [1.807, 2.05) is 0 Å². The van der Waals surface area contributed by atoms with Gasteiger partial charge in [0.1, 0.15) is 0 Å². The molecule has 0 atom stereocenters. The van der Waals surface area contributed by atoms with Crippen LogP contribution in [0.4, 0.5) is 13.2 Å². The molecule has 0 aromatic carbocycles. The van der Waals surface area contributed by atoms with Crippen molar-refractivity contribution in [2.24, 2.45) is 0 Å². The molecular weight excluding hydrogens is 167 g/mol. The summed E-state index contributed by atoms with van der Waals surface area (Å²) in [4.78, 5) is 2.29. The van der Waals surface area contributed by atoms with E-state index in [0.29, 0.717) is 5.69 Å². The van der Waals surface area contributed by atoms with Crippen LogP contribution in [0.25, 0.3) is 0 Å². The number of nitrogens with one attached hydrogen (secondary N) is 1. The zero-order chi connectivity index (χ0) is 9.35. The summed E-state index contributed by atoms with van der Waals surface area (Å²) in [6.45, 7) is 3.02. The van der Waals surface area contributed by atoms with Crippen molar-refractivity contribution in [3.05, 3.63) is 29.1 Å². The van der Waals surface area contributed by atoms with Crippen molar-refractivity contribution in [2.45, 2.75) is 20.0 Å². The predicted octanol–water partition coefficient (Wildman–Crippen LogP) is 2.14. The van der Waals surface area contributed by atoms with E-state index in [-0.39, 0.29) is 5.56 Å². The molecule has 4 heteroatoms. The first-order valence-electron chi connectivity index (χ1n) is 3.48. The van der Waals surface area contributed by atoms with Crippen molar-refractivity contribution in [2.75, 3.05) is 0 Å². The maximum Gasteiger partial charge on any atom is 0.477 e. The highest BCUT2D eigenvalue weighted by Crippen LogP contribution is 2.27. The number of aromatic nitrogens is 1. The molecule has 0 aliphatic rings. The van der Waals surface area contributed by atoms with E-state index in [9.17, 15) is 13.2 Å². The highest BCUT2D eigenvalue weighted by molar-refractivity contribution is 5.17. The van der Waals surface area contributed by atoms with Gasteiger partial charge in [-0.25, -0.2) is 4.98 Å². The molecule has 0 saturated heterocycles. The monoisotopic (exact) mass is 176 g/mol. The van der Waals surface area contributed by atoms with Gasteiger partial charge in [0.2, 0.25) is 0 Å². The summed E-state index contributed by atoms with van der Waals surface area (Å²) in [5, 5.41) is 0. The van der Waals surface area contributed by atoms with Crippen LogP contribution in [-0.4, -0.2) is 0 Å². The molecule has 1 aromatic rings. The van der Waals surface area contributed by atoms with E-state index in [1.54, 1.807) is 13.0 Å². The van der Waals surface area contributed by atoms with Crippen LogP contribution in [0.15, 0.2) is 12.1 Å². The van der Waals surface area contributed by atoms with Crippen molar-refractivity contribution in [1.29, 1.82) is 0 Å². The van der Waals surface area contributed by atoms with Gasteiger partial charge < -0.3 is 0 Å². The number of hydrogen-bond donors (Lipinski definition) is 0. The Bertz CT molecular complexity index is 291. The number of rotatable bonds is 0. The zero-order valence-electron chi connectivity index (χ0n) is 6.79. The fraction of sp³-hybridized carbons (Fsp3) is 0.375. The minimum atomic E-state index is -4.28. The van der Waals surface area contributed by atoms with Crippen LogP contribution in [0.1, 0.15) is 17.0 Å². The molecule has 66 valence electrons. The van der Waals surface area contributed by atoms with Gasteiger partial charge >= 0.3 is 6.18 Å². The molecule has 0 saturated carbocycles. The minimum absolute atomic E-state index is 0.216. The summed E-state index contributed by atoms with van der Waals surface area (Å²) in [7, 11) is 0. The largest absolute Gasteiger partial charge is 0.477 e. The number of pyridine rings is 1. The van der Waals surface area contributed by atoms with E-state index in [0.717, 1.165) is 0 Å². The molecule has 0 spiro atoms. The van der Waals surface area contributed by atoms with Crippen molar-refractivity contribution >= 4 is 0 Å². The van der Waals surface area contributed by atoms with Crippen LogP contribution < -0.4 is 4.98 Å². The number of alkyl halides is 3. The number of halogens is 3. The number of hydrogen-bond acceptors (Lipinski definition) is 0. The molecule has 0 unspecified atom stereocenters. The fourth-order valence-electron chi connectivity index (χ4n) is 0.965. The molecule has 1 rings (SSSR count). The molecular formula is C8H9F3N+. The number of H-pyrrole nitrogens is 1. The molecule has 0 fully saturated rings. The predicted molar refractivity (Wildman–Crippen MR) is 37.5 cm³/mol. The summed E-state index contributed by atoms with van der Waals surface area (Å²) in [5.41, 5.74) is 0.0588. The van der Waals surface area contributed by atoms with E-state index in [1.165, 1.54) is 13.0 Å². The van der Waals surface area contributed by atoms with Crippen LogP contribution >= 0.6 is 0 Å². The first-order valence-corrected chi connectivity index (χ1v) is 3.48. The average Bonchev–Trinajstić information content (AvgIpc) is 1.92.